The molecule has 0 unspecified atom stereocenters. The summed E-state index contributed by atoms with van der Waals surface area (Å²) in [5, 5.41) is 7.47. The largest absolute Gasteiger partial charge is 0.484 e. The Balaban J connectivity index is 1.64. The van der Waals surface area contributed by atoms with E-state index in [2.05, 4.69) is 20.7 Å². The molecule has 0 atom stereocenters. The topological polar surface area (TPSA) is 79.5 Å². The third-order valence-electron chi connectivity index (χ3n) is 3.59. The van der Waals surface area contributed by atoms with Gasteiger partial charge in [-0.2, -0.15) is 13.2 Å². The molecule has 0 radical (unpaired) electrons. The molecule has 0 aliphatic rings. The lowest BCUT2D eigenvalue weighted by Gasteiger charge is -2.10. The Hall–Kier alpha value is -3.30. The van der Waals surface area contributed by atoms with Gasteiger partial charge in [-0.1, -0.05) is 24.3 Å². The average molecular weight is 413 g/mol. The maximum Gasteiger partial charge on any atom is 0.422 e. The average Bonchev–Trinajstić information content (AvgIpc) is 2.69. The van der Waals surface area contributed by atoms with Crippen LogP contribution in [0.15, 0.2) is 48.5 Å². The van der Waals surface area contributed by atoms with Crippen LogP contribution < -0.4 is 20.7 Å². The van der Waals surface area contributed by atoms with E-state index in [0.29, 0.717) is 11.1 Å². The summed E-state index contributed by atoms with van der Waals surface area (Å²) in [6.07, 6.45) is -4.41. The van der Waals surface area contributed by atoms with Crippen molar-refractivity contribution in [2.24, 2.45) is 0 Å². The van der Waals surface area contributed by atoms with Crippen molar-refractivity contribution in [3.63, 3.8) is 0 Å². The van der Waals surface area contributed by atoms with E-state index in [9.17, 15) is 27.2 Å². The van der Waals surface area contributed by atoms with Crippen molar-refractivity contribution in [2.45, 2.75) is 19.3 Å². The molecule has 0 fully saturated rings. The van der Waals surface area contributed by atoms with Gasteiger partial charge in [-0.25, -0.2) is 9.18 Å². The normalized spacial score (nSPS) is 10.9. The van der Waals surface area contributed by atoms with Crippen molar-refractivity contribution in [1.82, 2.24) is 16.0 Å². The summed E-state index contributed by atoms with van der Waals surface area (Å²) in [6, 6.07) is 10.8. The monoisotopic (exact) mass is 413 g/mol. The minimum absolute atomic E-state index is 0.0666. The van der Waals surface area contributed by atoms with Crippen molar-refractivity contribution in [2.75, 3.05) is 13.2 Å². The van der Waals surface area contributed by atoms with Crippen LogP contribution in [0.1, 0.15) is 11.1 Å². The molecule has 0 aromatic heterocycles. The van der Waals surface area contributed by atoms with Gasteiger partial charge in [0.15, 0.2) is 6.61 Å². The minimum atomic E-state index is -4.41. The van der Waals surface area contributed by atoms with Gasteiger partial charge < -0.3 is 20.7 Å². The molecule has 0 spiro atoms. The van der Waals surface area contributed by atoms with Gasteiger partial charge in [0.1, 0.15) is 11.6 Å². The molecule has 2 aromatic carbocycles. The Morgan fingerprint density at radius 3 is 1.97 bits per heavy atom. The van der Waals surface area contributed by atoms with Gasteiger partial charge in [0, 0.05) is 13.1 Å². The van der Waals surface area contributed by atoms with E-state index < -0.39 is 24.7 Å². The van der Waals surface area contributed by atoms with Gasteiger partial charge in [-0.3, -0.25) is 4.79 Å². The predicted octanol–water partition coefficient (Wildman–Crippen LogP) is 2.88. The van der Waals surface area contributed by atoms with Crippen molar-refractivity contribution >= 4 is 11.9 Å². The number of benzene rings is 2. The molecule has 0 aliphatic carbocycles. The fraction of sp³-hybridized carbons (Fsp3) is 0.263. The van der Waals surface area contributed by atoms with Gasteiger partial charge in [-0.15, -0.1) is 0 Å². The van der Waals surface area contributed by atoms with Gasteiger partial charge in [0.25, 0.3) is 0 Å². The van der Waals surface area contributed by atoms with Crippen molar-refractivity contribution < 1.29 is 31.9 Å². The van der Waals surface area contributed by atoms with Crippen molar-refractivity contribution in [3.8, 4) is 5.75 Å². The summed E-state index contributed by atoms with van der Waals surface area (Å²) in [4.78, 5) is 23.4. The highest BCUT2D eigenvalue weighted by molar-refractivity contribution is 5.83. The van der Waals surface area contributed by atoms with Crippen LogP contribution in [-0.2, 0) is 17.9 Å². The number of hydrogen-bond donors (Lipinski definition) is 3. The third kappa shape index (κ3) is 8.96. The molecule has 0 heterocycles. The maximum atomic E-state index is 12.8. The molecule has 3 amide bonds. The molecule has 0 aliphatic heterocycles. The number of nitrogens with one attached hydrogen (secondary N) is 3. The molecule has 3 N–H and O–H groups in total. The SMILES string of the molecule is O=C(CNC(=O)NCc1ccc(F)cc1)NCc1ccc(OCC(F)(F)F)cc1. The first-order chi connectivity index (χ1) is 13.7. The fourth-order valence-corrected chi connectivity index (χ4v) is 2.14. The summed E-state index contributed by atoms with van der Waals surface area (Å²) in [6.45, 7) is -1.33. The highest BCUT2D eigenvalue weighted by Gasteiger charge is 2.28. The summed E-state index contributed by atoms with van der Waals surface area (Å²) in [5.41, 5.74) is 1.35. The van der Waals surface area contributed by atoms with E-state index in [1.54, 1.807) is 0 Å². The quantitative estimate of drug-likeness (QED) is 0.583. The number of carbonyl (C=O) groups is 2. The van der Waals surface area contributed by atoms with E-state index >= 15 is 0 Å². The Labute approximate surface area is 164 Å². The second-order valence-electron chi connectivity index (χ2n) is 5.99. The number of amides is 3. The molecule has 0 bridgehead atoms. The zero-order chi connectivity index (χ0) is 21.3. The Morgan fingerprint density at radius 1 is 0.828 bits per heavy atom. The summed E-state index contributed by atoms with van der Waals surface area (Å²) < 4.78 is 53.7. The lowest BCUT2D eigenvalue weighted by atomic mass is 10.2. The van der Waals surface area contributed by atoms with Crippen LogP contribution >= 0.6 is 0 Å². The van der Waals surface area contributed by atoms with Crippen LogP contribution in [0.3, 0.4) is 0 Å². The Morgan fingerprint density at radius 2 is 1.38 bits per heavy atom. The van der Waals surface area contributed by atoms with Gasteiger partial charge in [0.05, 0.1) is 6.54 Å². The Kier molecular flexibility index (Phi) is 7.81. The zero-order valence-corrected chi connectivity index (χ0v) is 15.2. The number of hydrogen-bond acceptors (Lipinski definition) is 3. The zero-order valence-electron chi connectivity index (χ0n) is 15.2. The van der Waals surface area contributed by atoms with E-state index in [1.807, 2.05) is 0 Å². The molecule has 156 valence electrons. The van der Waals surface area contributed by atoms with Crippen LogP contribution in [-0.4, -0.2) is 31.3 Å². The fourth-order valence-electron chi connectivity index (χ4n) is 2.14. The first kappa shape index (κ1) is 22.0. The summed E-state index contributed by atoms with van der Waals surface area (Å²) in [7, 11) is 0. The standard InChI is InChI=1S/C19H19F4N3O3/c20-15-5-1-13(2-6-15)10-25-18(28)26-11-17(27)24-9-14-3-7-16(8-4-14)29-12-19(21,22)23/h1-8H,9-12H2,(H,24,27)(H2,25,26,28). The molecule has 2 rings (SSSR count). The highest BCUT2D eigenvalue weighted by atomic mass is 19.4. The minimum Gasteiger partial charge on any atom is -0.484 e. The van der Waals surface area contributed by atoms with Crippen LogP contribution in [0.5, 0.6) is 5.75 Å². The van der Waals surface area contributed by atoms with E-state index in [1.165, 1.54) is 48.5 Å². The van der Waals surface area contributed by atoms with E-state index in [-0.39, 0.29) is 31.2 Å². The van der Waals surface area contributed by atoms with E-state index in [0.717, 1.165) is 0 Å². The molecule has 0 saturated heterocycles. The number of carbonyl (C=O) groups excluding carboxylic acids is 2. The molecular weight excluding hydrogens is 394 g/mol. The lowest BCUT2D eigenvalue weighted by molar-refractivity contribution is -0.153. The summed E-state index contributed by atoms with van der Waals surface area (Å²) >= 11 is 0. The number of rotatable bonds is 8. The number of halogens is 4. The van der Waals surface area contributed by atoms with Gasteiger partial charge >= 0.3 is 12.2 Å². The van der Waals surface area contributed by atoms with Gasteiger partial charge in [0.2, 0.25) is 5.91 Å². The first-order valence-corrected chi connectivity index (χ1v) is 8.52. The first-order valence-electron chi connectivity index (χ1n) is 8.52. The number of alkyl halides is 3. The maximum absolute atomic E-state index is 12.8. The molecule has 6 nitrogen and oxygen atoms in total. The van der Waals surface area contributed by atoms with Crippen LogP contribution in [0.4, 0.5) is 22.4 Å². The lowest BCUT2D eigenvalue weighted by Crippen LogP contribution is -2.41. The predicted molar refractivity (Wildman–Crippen MR) is 96.5 cm³/mol. The molecule has 2 aromatic rings. The van der Waals surface area contributed by atoms with Gasteiger partial charge in [-0.05, 0) is 35.4 Å². The number of ether oxygens (including phenoxy) is 1. The molecular formula is C19H19F4N3O3. The molecule has 10 heteroatoms. The highest BCUT2D eigenvalue weighted by Crippen LogP contribution is 2.18. The summed E-state index contributed by atoms with van der Waals surface area (Å²) in [5.74, 6) is -0.755. The smallest absolute Gasteiger partial charge is 0.422 e. The number of urea groups is 1. The van der Waals surface area contributed by atoms with Crippen LogP contribution in [0.2, 0.25) is 0 Å². The molecule has 0 saturated carbocycles. The van der Waals surface area contributed by atoms with Crippen LogP contribution in [0, 0.1) is 5.82 Å². The second kappa shape index (κ2) is 10.3. The van der Waals surface area contributed by atoms with Crippen LogP contribution in [0.25, 0.3) is 0 Å². The van der Waals surface area contributed by atoms with Crippen molar-refractivity contribution in [3.05, 3.63) is 65.5 Å². The van der Waals surface area contributed by atoms with Crippen molar-refractivity contribution in [1.29, 1.82) is 0 Å². The van der Waals surface area contributed by atoms with E-state index in [4.69, 9.17) is 0 Å². The second-order valence-corrected chi connectivity index (χ2v) is 5.99. The molecule has 29 heavy (non-hydrogen) atoms. The Bertz CT molecular complexity index is 809. The third-order valence-corrected chi connectivity index (χ3v) is 3.59.